The number of nitrogens with one attached hydrogen (secondary N) is 1. The number of likely N-dealkylation sites (tertiary alicyclic amines) is 1. The number of aryl methyl sites for hydroxylation is 2. The van der Waals surface area contributed by atoms with Crippen molar-refractivity contribution in [3.63, 3.8) is 0 Å². The lowest BCUT2D eigenvalue weighted by atomic mass is 10.0. The predicted octanol–water partition coefficient (Wildman–Crippen LogP) is 5.32. The number of nitrogens with zero attached hydrogens (tertiary/aromatic N) is 3. The molecule has 1 aromatic heterocycles. The summed E-state index contributed by atoms with van der Waals surface area (Å²) in [4.78, 5) is 34.4. The first-order chi connectivity index (χ1) is 18.3. The molecule has 3 heterocycles. The normalized spacial score (nSPS) is 17.7. The molecule has 8 heteroatoms. The zero-order valence-corrected chi connectivity index (χ0v) is 22.2. The molecular weight excluding hydrogens is 503 g/mol. The van der Waals surface area contributed by atoms with E-state index < -0.39 is 11.7 Å². The molecule has 2 aliphatic heterocycles. The average molecular weight is 533 g/mol. The van der Waals surface area contributed by atoms with Crippen molar-refractivity contribution in [1.29, 1.82) is 0 Å². The van der Waals surface area contributed by atoms with Gasteiger partial charge in [0.1, 0.15) is 5.82 Å². The Morgan fingerprint density at radius 3 is 2.58 bits per heavy atom. The third-order valence-electron chi connectivity index (χ3n) is 7.40. The Bertz CT molecular complexity index is 1350. The third-order valence-corrected chi connectivity index (χ3v) is 7.72. The fourth-order valence-corrected chi connectivity index (χ4v) is 5.68. The van der Waals surface area contributed by atoms with Gasteiger partial charge in [-0.2, -0.15) is 0 Å². The molecule has 1 fully saturated rings. The zero-order valence-electron chi connectivity index (χ0n) is 21.5. The lowest BCUT2D eigenvalue weighted by Crippen LogP contribution is -2.34. The van der Waals surface area contributed by atoms with E-state index in [-0.39, 0.29) is 28.5 Å². The Morgan fingerprint density at radius 2 is 1.87 bits per heavy atom. The van der Waals surface area contributed by atoms with E-state index in [1.54, 1.807) is 11.1 Å². The number of benzene rings is 2. The van der Waals surface area contributed by atoms with Gasteiger partial charge >= 0.3 is 0 Å². The van der Waals surface area contributed by atoms with E-state index >= 15 is 0 Å². The Hall–Kier alpha value is -3.55. The third kappa shape index (κ3) is 5.35. The van der Waals surface area contributed by atoms with Crippen molar-refractivity contribution in [2.24, 2.45) is 5.92 Å². The van der Waals surface area contributed by atoms with E-state index in [4.69, 9.17) is 11.6 Å². The highest BCUT2D eigenvalue weighted by Crippen LogP contribution is 2.32. The molecule has 5 rings (SSSR count). The van der Waals surface area contributed by atoms with E-state index in [1.807, 2.05) is 56.4 Å². The topological polar surface area (TPSA) is 65.5 Å². The molecule has 0 bridgehead atoms. The summed E-state index contributed by atoms with van der Waals surface area (Å²) in [5.41, 5.74) is 4.36. The van der Waals surface area contributed by atoms with Crippen molar-refractivity contribution < 1.29 is 14.0 Å². The number of amides is 2. The minimum Gasteiger partial charge on any atom is -0.345 e. The molecule has 2 amide bonds. The van der Waals surface area contributed by atoms with Crippen LogP contribution in [-0.2, 0) is 0 Å². The molecule has 2 atom stereocenters. The van der Waals surface area contributed by atoms with E-state index in [9.17, 15) is 14.0 Å². The number of fused-ring (bicyclic) bond motifs is 1. The number of aromatic nitrogens is 1. The van der Waals surface area contributed by atoms with Crippen LogP contribution in [0.1, 0.15) is 50.0 Å². The van der Waals surface area contributed by atoms with Crippen LogP contribution in [-0.4, -0.2) is 52.8 Å². The van der Waals surface area contributed by atoms with Gasteiger partial charge in [-0.1, -0.05) is 48.0 Å². The summed E-state index contributed by atoms with van der Waals surface area (Å²) in [5.74, 6) is -0.932. The molecule has 2 aliphatic rings. The maximum absolute atomic E-state index is 14.3. The molecule has 0 saturated carbocycles. The van der Waals surface area contributed by atoms with E-state index in [1.165, 1.54) is 18.2 Å². The summed E-state index contributed by atoms with van der Waals surface area (Å²) in [6.45, 7) is 6.60. The first kappa shape index (κ1) is 26.1. The summed E-state index contributed by atoms with van der Waals surface area (Å²) >= 11 is 6.11. The summed E-state index contributed by atoms with van der Waals surface area (Å²) < 4.78 is 14.3. The van der Waals surface area contributed by atoms with Crippen molar-refractivity contribution in [2.75, 3.05) is 26.2 Å². The van der Waals surface area contributed by atoms with E-state index in [2.05, 4.69) is 15.2 Å². The first-order valence-electron chi connectivity index (χ1n) is 12.8. The highest BCUT2D eigenvalue weighted by Gasteiger charge is 2.36. The minimum atomic E-state index is -0.606. The fourth-order valence-electron chi connectivity index (χ4n) is 5.44. The second kappa shape index (κ2) is 11.1. The average Bonchev–Trinajstić information content (AvgIpc) is 3.46. The number of halogens is 2. The SMILES string of the molecule is Cc1ccnc(C)c1C(=O)N[C@@H](CCN1CC2=CN(C(=O)c3c(F)cccc3Cl)CC2C1)c1ccccc1. The van der Waals surface area contributed by atoms with Crippen molar-refractivity contribution >= 4 is 23.4 Å². The van der Waals surface area contributed by atoms with E-state index in [0.29, 0.717) is 17.8 Å². The number of hydrogen-bond donors (Lipinski definition) is 1. The maximum Gasteiger partial charge on any atom is 0.262 e. The van der Waals surface area contributed by atoms with Crippen molar-refractivity contribution in [3.8, 4) is 0 Å². The van der Waals surface area contributed by atoms with Gasteiger partial charge in [0.05, 0.1) is 27.9 Å². The summed E-state index contributed by atoms with van der Waals surface area (Å²) in [6.07, 6.45) is 4.30. The molecule has 2 aromatic carbocycles. The molecule has 196 valence electrons. The van der Waals surface area contributed by atoms with Crippen molar-refractivity contribution in [3.05, 3.63) is 111 Å². The van der Waals surface area contributed by atoms with Gasteiger partial charge in [0.25, 0.3) is 11.8 Å². The Morgan fingerprint density at radius 1 is 1.08 bits per heavy atom. The van der Waals surface area contributed by atoms with Gasteiger partial charge in [-0.15, -0.1) is 0 Å². The fraction of sp³-hybridized carbons (Fsp3) is 0.300. The van der Waals surface area contributed by atoms with Crippen LogP contribution in [0, 0.1) is 25.6 Å². The minimum absolute atomic E-state index is 0.0802. The van der Waals surface area contributed by atoms with Crippen LogP contribution in [0.5, 0.6) is 0 Å². The molecule has 1 unspecified atom stereocenters. The van der Waals surface area contributed by atoms with Crippen LogP contribution in [0.2, 0.25) is 5.02 Å². The van der Waals surface area contributed by atoms with Crippen LogP contribution in [0.3, 0.4) is 0 Å². The molecular formula is C30H30ClFN4O2. The van der Waals surface area contributed by atoms with Gasteiger partial charge < -0.3 is 10.2 Å². The van der Waals surface area contributed by atoms with Crippen molar-refractivity contribution in [2.45, 2.75) is 26.3 Å². The van der Waals surface area contributed by atoms with Gasteiger partial charge in [0.2, 0.25) is 0 Å². The van der Waals surface area contributed by atoms with Crippen molar-refractivity contribution in [1.82, 2.24) is 20.1 Å². The molecule has 1 N–H and O–H groups in total. The largest absolute Gasteiger partial charge is 0.345 e. The molecule has 0 radical (unpaired) electrons. The lowest BCUT2D eigenvalue weighted by Gasteiger charge is -2.24. The summed E-state index contributed by atoms with van der Waals surface area (Å²) in [6, 6.07) is 16.0. The van der Waals surface area contributed by atoms with E-state index in [0.717, 1.165) is 42.8 Å². The number of hydrogen-bond acceptors (Lipinski definition) is 4. The van der Waals surface area contributed by atoms with Crippen LogP contribution >= 0.6 is 11.6 Å². The lowest BCUT2D eigenvalue weighted by molar-refractivity contribution is 0.0816. The molecule has 0 spiro atoms. The van der Waals surface area contributed by atoms with Gasteiger partial charge in [0, 0.05) is 44.5 Å². The summed E-state index contributed by atoms with van der Waals surface area (Å²) in [7, 11) is 0. The monoisotopic (exact) mass is 532 g/mol. The molecule has 38 heavy (non-hydrogen) atoms. The number of pyridine rings is 1. The van der Waals surface area contributed by atoms with Crippen LogP contribution in [0.15, 0.2) is 72.6 Å². The summed E-state index contributed by atoms with van der Waals surface area (Å²) in [5, 5.41) is 3.36. The second-order valence-electron chi connectivity index (χ2n) is 10.0. The Balaban J connectivity index is 1.25. The maximum atomic E-state index is 14.3. The number of carbonyl (C=O) groups is 2. The highest BCUT2D eigenvalue weighted by molar-refractivity contribution is 6.33. The predicted molar refractivity (Wildman–Crippen MR) is 145 cm³/mol. The molecule has 0 aliphatic carbocycles. The van der Waals surface area contributed by atoms with Gasteiger partial charge in [-0.25, -0.2) is 4.39 Å². The van der Waals surface area contributed by atoms with Crippen LogP contribution in [0.4, 0.5) is 4.39 Å². The van der Waals surface area contributed by atoms with Gasteiger partial charge in [-0.3, -0.25) is 19.5 Å². The molecule has 3 aromatic rings. The van der Waals surface area contributed by atoms with Gasteiger partial charge in [-0.05, 0) is 55.2 Å². The second-order valence-corrected chi connectivity index (χ2v) is 10.4. The van der Waals surface area contributed by atoms with Gasteiger partial charge in [0.15, 0.2) is 0 Å². The number of carbonyl (C=O) groups excluding carboxylic acids is 2. The first-order valence-corrected chi connectivity index (χ1v) is 13.2. The molecule has 1 saturated heterocycles. The molecule has 6 nitrogen and oxygen atoms in total. The smallest absolute Gasteiger partial charge is 0.262 e. The Kier molecular flexibility index (Phi) is 7.58. The standard InChI is InChI=1S/C30H30ClFN4O2/c1-19-11-13-33-20(2)27(19)29(37)34-26(21-7-4-3-5-8-21)12-14-35-15-22-17-36(18-23(22)16-35)30(38)28-24(31)9-6-10-25(28)32/h3-11,13,17,23,26H,12,14-16,18H2,1-2H3,(H,34,37)/t23?,26-/m0/s1. The zero-order chi connectivity index (χ0) is 26.8. The highest BCUT2D eigenvalue weighted by atomic mass is 35.5. The Labute approximate surface area is 227 Å². The van der Waals surface area contributed by atoms with Crippen LogP contribution < -0.4 is 5.32 Å². The number of rotatable bonds is 7. The quantitative estimate of drug-likeness (QED) is 0.447. The van der Waals surface area contributed by atoms with Crippen LogP contribution in [0.25, 0.3) is 0 Å².